The van der Waals surface area contributed by atoms with Crippen LogP contribution in [0.5, 0.6) is 5.75 Å². The van der Waals surface area contributed by atoms with Crippen molar-refractivity contribution in [2.75, 3.05) is 0 Å². The Bertz CT molecular complexity index is 649. The summed E-state index contributed by atoms with van der Waals surface area (Å²) in [5, 5.41) is 12.2. The molecule has 5 nitrogen and oxygen atoms in total. The van der Waals surface area contributed by atoms with Gasteiger partial charge in [-0.3, -0.25) is 4.98 Å². The Kier molecular flexibility index (Phi) is 4.81. The molecule has 0 unspecified atom stereocenters. The van der Waals surface area contributed by atoms with Crippen LogP contribution in [0.2, 0.25) is 5.02 Å². The van der Waals surface area contributed by atoms with Crippen LogP contribution in [-0.2, 0) is 6.61 Å². The van der Waals surface area contributed by atoms with E-state index in [4.69, 9.17) is 27.3 Å². The molecular weight excluding hydrogens is 346 g/mol. The van der Waals surface area contributed by atoms with Gasteiger partial charge in [-0.1, -0.05) is 38.8 Å². The molecule has 3 N–H and O–H groups in total. The van der Waals surface area contributed by atoms with E-state index in [0.29, 0.717) is 22.0 Å². The van der Waals surface area contributed by atoms with Crippen molar-refractivity contribution in [2.24, 2.45) is 10.9 Å². The van der Waals surface area contributed by atoms with E-state index in [-0.39, 0.29) is 12.4 Å². The minimum Gasteiger partial charge on any atom is -0.487 e. The van der Waals surface area contributed by atoms with E-state index in [1.807, 2.05) is 6.07 Å². The first kappa shape index (κ1) is 14.6. The molecule has 0 spiro atoms. The van der Waals surface area contributed by atoms with Gasteiger partial charge in [-0.15, -0.1) is 0 Å². The van der Waals surface area contributed by atoms with Crippen LogP contribution < -0.4 is 10.5 Å². The number of aromatic nitrogens is 1. The minimum absolute atomic E-state index is 0.0652. The van der Waals surface area contributed by atoms with Gasteiger partial charge in [-0.2, -0.15) is 0 Å². The van der Waals surface area contributed by atoms with Crippen LogP contribution in [-0.4, -0.2) is 16.0 Å². The van der Waals surface area contributed by atoms with Crippen molar-refractivity contribution >= 4 is 33.4 Å². The number of nitrogens with zero attached hydrogens (tertiary/aromatic N) is 2. The minimum atomic E-state index is -0.0652. The summed E-state index contributed by atoms with van der Waals surface area (Å²) < 4.78 is 6.51. The highest BCUT2D eigenvalue weighted by molar-refractivity contribution is 9.10. The Morgan fingerprint density at radius 2 is 2.25 bits per heavy atom. The predicted molar refractivity (Wildman–Crippen MR) is 80.2 cm³/mol. The molecule has 0 saturated heterocycles. The molecule has 0 bridgehead atoms. The van der Waals surface area contributed by atoms with Crippen LogP contribution in [0.1, 0.15) is 11.3 Å². The monoisotopic (exact) mass is 355 g/mol. The van der Waals surface area contributed by atoms with Crippen molar-refractivity contribution in [1.82, 2.24) is 4.98 Å². The first-order chi connectivity index (χ1) is 9.61. The highest BCUT2D eigenvalue weighted by Gasteiger charge is 2.10. The summed E-state index contributed by atoms with van der Waals surface area (Å²) in [4.78, 5) is 4.06. The van der Waals surface area contributed by atoms with Crippen molar-refractivity contribution in [3.63, 3.8) is 0 Å². The fraction of sp³-hybridized carbons (Fsp3) is 0.0769. The standard InChI is InChI=1S/C13H11BrClN3O2/c14-9-3-4-10(15)11(6-9)20-7-8-2-1-5-17-12(8)13(16)18-19/h1-6,19H,7H2,(H2,16,18). The molecule has 2 aromatic rings. The molecule has 1 aromatic carbocycles. The summed E-state index contributed by atoms with van der Waals surface area (Å²) in [6, 6.07) is 8.85. The largest absolute Gasteiger partial charge is 0.487 e. The molecule has 0 fully saturated rings. The summed E-state index contributed by atoms with van der Waals surface area (Å²) in [7, 11) is 0. The Hall–Kier alpha value is -1.79. The van der Waals surface area contributed by atoms with Gasteiger partial charge in [0.25, 0.3) is 0 Å². The molecule has 0 aliphatic heterocycles. The van der Waals surface area contributed by atoms with E-state index in [9.17, 15) is 0 Å². The molecule has 0 aliphatic rings. The maximum Gasteiger partial charge on any atom is 0.189 e. The highest BCUT2D eigenvalue weighted by atomic mass is 79.9. The van der Waals surface area contributed by atoms with Crippen LogP contribution in [0.4, 0.5) is 0 Å². The number of rotatable bonds is 4. The lowest BCUT2D eigenvalue weighted by Crippen LogP contribution is -2.18. The Balaban J connectivity index is 2.21. The SMILES string of the molecule is NC(=NO)c1ncccc1COc1cc(Br)ccc1Cl. The van der Waals surface area contributed by atoms with Crippen LogP contribution in [0.3, 0.4) is 0 Å². The number of pyridine rings is 1. The number of ether oxygens (including phenoxy) is 1. The number of halogens is 2. The number of hydrogen-bond acceptors (Lipinski definition) is 4. The van der Waals surface area contributed by atoms with Crippen molar-refractivity contribution in [2.45, 2.75) is 6.61 Å². The average Bonchev–Trinajstić information content (AvgIpc) is 2.47. The van der Waals surface area contributed by atoms with Crippen molar-refractivity contribution in [3.8, 4) is 5.75 Å². The van der Waals surface area contributed by atoms with Crippen LogP contribution in [0, 0.1) is 0 Å². The molecule has 0 amide bonds. The summed E-state index contributed by atoms with van der Waals surface area (Å²) in [5.41, 5.74) is 6.64. The van der Waals surface area contributed by atoms with Gasteiger partial charge in [0, 0.05) is 16.2 Å². The summed E-state index contributed by atoms with van der Waals surface area (Å²) >= 11 is 9.39. The number of amidine groups is 1. The lowest BCUT2D eigenvalue weighted by atomic mass is 10.2. The summed E-state index contributed by atoms with van der Waals surface area (Å²) in [5.74, 6) is 0.472. The van der Waals surface area contributed by atoms with E-state index >= 15 is 0 Å². The van der Waals surface area contributed by atoms with Gasteiger partial charge in [0.15, 0.2) is 5.84 Å². The molecule has 7 heteroatoms. The van der Waals surface area contributed by atoms with Crippen molar-refractivity contribution < 1.29 is 9.94 Å². The lowest BCUT2D eigenvalue weighted by molar-refractivity contribution is 0.304. The molecule has 104 valence electrons. The second-order valence-corrected chi connectivity index (χ2v) is 5.18. The number of benzene rings is 1. The Morgan fingerprint density at radius 1 is 1.45 bits per heavy atom. The Labute approximate surface area is 129 Å². The quantitative estimate of drug-likeness (QED) is 0.381. The second kappa shape index (κ2) is 6.58. The van der Waals surface area contributed by atoms with Crippen LogP contribution >= 0.6 is 27.5 Å². The number of nitrogens with two attached hydrogens (primary N) is 1. The number of hydrogen-bond donors (Lipinski definition) is 2. The first-order valence-corrected chi connectivity index (χ1v) is 6.78. The van der Waals surface area contributed by atoms with Crippen LogP contribution in [0.15, 0.2) is 46.2 Å². The third-order valence-corrected chi connectivity index (χ3v) is 3.32. The second-order valence-electron chi connectivity index (χ2n) is 3.86. The molecule has 0 saturated carbocycles. The van der Waals surface area contributed by atoms with Crippen molar-refractivity contribution in [1.29, 1.82) is 0 Å². The molecule has 1 aromatic heterocycles. The van der Waals surface area contributed by atoms with E-state index in [1.54, 1.807) is 30.5 Å². The van der Waals surface area contributed by atoms with Gasteiger partial charge in [0.2, 0.25) is 0 Å². The maximum atomic E-state index is 8.73. The third kappa shape index (κ3) is 3.40. The Morgan fingerprint density at radius 3 is 3.00 bits per heavy atom. The molecule has 2 rings (SSSR count). The smallest absolute Gasteiger partial charge is 0.189 e. The molecular formula is C13H11BrClN3O2. The van der Waals surface area contributed by atoms with E-state index in [0.717, 1.165) is 4.47 Å². The maximum absolute atomic E-state index is 8.73. The molecule has 20 heavy (non-hydrogen) atoms. The fourth-order valence-corrected chi connectivity index (χ4v) is 2.09. The molecule has 1 heterocycles. The summed E-state index contributed by atoms with van der Waals surface area (Å²) in [6.07, 6.45) is 1.56. The zero-order valence-electron chi connectivity index (χ0n) is 10.3. The van der Waals surface area contributed by atoms with Gasteiger partial charge in [0.05, 0.1) is 5.02 Å². The third-order valence-electron chi connectivity index (χ3n) is 2.52. The lowest BCUT2D eigenvalue weighted by Gasteiger charge is -2.10. The van der Waals surface area contributed by atoms with E-state index in [2.05, 4.69) is 26.1 Å². The zero-order chi connectivity index (χ0) is 14.5. The van der Waals surface area contributed by atoms with Crippen LogP contribution in [0.25, 0.3) is 0 Å². The van der Waals surface area contributed by atoms with Crippen molar-refractivity contribution in [3.05, 3.63) is 57.3 Å². The summed E-state index contributed by atoms with van der Waals surface area (Å²) in [6.45, 7) is 0.204. The normalized spacial score (nSPS) is 11.4. The van der Waals surface area contributed by atoms with E-state index in [1.165, 1.54) is 0 Å². The topological polar surface area (TPSA) is 80.7 Å². The average molecular weight is 357 g/mol. The van der Waals surface area contributed by atoms with Gasteiger partial charge in [-0.25, -0.2) is 0 Å². The zero-order valence-corrected chi connectivity index (χ0v) is 12.6. The van der Waals surface area contributed by atoms with Gasteiger partial charge >= 0.3 is 0 Å². The van der Waals surface area contributed by atoms with E-state index < -0.39 is 0 Å². The van der Waals surface area contributed by atoms with Gasteiger partial charge in [0.1, 0.15) is 18.1 Å². The van der Waals surface area contributed by atoms with Gasteiger partial charge < -0.3 is 15.7 Å². The number of oxime groups is 1. The molecule has 0 atom stereocenters. The highest BCUT2D eigenvalue weighted by Crippen LogP contribution is 2.28. The van der Waals surface area contributed by atoms with Gasteiger partial charge in [-0.05, 0) is 24.3 Å². The predicted octanol–water partition coefficient (Wildman–Crippen LogP) is 3.17. The molecule has 0 aliphatic carbocycles. The first-order valence-electron chi connectivity index (χ1n) is 5.61. The fourth-order valence-electron chi connectivity index (χ4n) is 1.58. The molecule has 0 radical (unpaired) electrons.